The van der Waals surface area contributed by atoms with E-state index in [9.17, 15) is 4.79 Å². The number of hydrogen-bond acceptors (Lipinski definition) is 4. The second-order valence-electron chi connectivity index (χ2n) is 4.28. The van der Waals surface area contributed by atoms with Crippen LogP contribution in [0.3, 0.4) is 0 Å². The van der Waals surface area contributed by atoms with Gasteiger partial charge in [0.05, 0.1) is 6.10 Å². The van der Waals surface area contributed by atoms with Gasteiger partial charge in [-0.15, -0.1) is 12.4 Å². The predicted octanol–water partition coefficient (Wildman–Crippen LogP) is -0.829. The van der Waals surface area contributed by atoms with Gasteiger partial charge in [-0.1, -0.05) is 0 Å². The Bertz CT molecular complexity index is 228. The first-order chi connectivity index (χ1) is 7.25. The molecule has 0 aromatic rings. The van der Waals surface area contributed by atoms with Crippen molar-refractivity contribution < 1.29 is 9.53 Å². The third kappa shape index (κ3) is 3.59. The van der Waals surface area contributed by atoms with Gasteiger partial charge in [0, 0.05) is 39.3 Å². The molecule has 5 nitrogen and oxygen atoms in total. The summed E-state index contributed by atoms with van der Waals surface area (Å²) >= 11 is 0. The van der Waals surface area contributed by atoms with Crippen LogP contribution in [0.4, 0.5) is 0 Å². The lowest BCUT2D eigenvalue weighted by Crippen LogP contribution is -2.51. The summed E-state index contributed by atoms with van der Waals surface area (Å²) < 4.78 is 5.45. The van der Waals surface area contributed by atoms with E-state index in [1.807, 2.05) is 4.90 Å². The second kappa shape index (κ2) is 6.39. The third-order valence-electron chi connectivity index (χ3n) is 3.04. The molecule has 0 saturated carbocycles. The molecule has 16 heavy (non-hydrogen) atoms. The molecule has 0 aromatic heterocycles. The highest BCUT2D eigenvalue weighted by molar-refractivity contribution is 5.85. The summed E-state index contributed by atoms with van der Waals surface area (Å²) in [6, 6.07) is 0. The fourth-order valence-corrected chi connectivity index (χ4v) is 1.72. The molecule has 94 valence electrons. The number of likely N-dealkylation sites (N-methyl/N-ethyl adjacent to an activating group) is 1. The van der Waals surface area contributed by atoms with Crippen molar-refractivity contribution in [2.75, 3.05) is 52.9 Å². The van der Waals surface area contributed by atoms with Crippen LogP contribution in [0.1, 0.15) is 0 Å². The number of amides is 1. The highest BCUT2D eigenvalue weighted by atomic mass is 35.5. The number of nitrogens with zero attached hydrogens (tertiary/aromatic N) is 2. The molecule has 2 rings (SSSR count). The van der Waals surface area contributed by atoms with E-state index in [2.05, 4.69) is 17.3 Å². The number of carbonyl (C=O) groups is 1. The average Bonchev–Trinajstić information content (AvgIpc) is 2.16. The Kier molecular flexibility index (Phi) is 5.48. The molecule has 2 fully saturated rings. The monoisotopic (exact) mass is 249 g/mol. The van der Waals surface area contributed by atoms with Gasteiger partial charge in [-0.25, -0.2) is 0 Å². The van der Waals surface area contributed by atoms with Gasteiger partial charge in [-0.2, -0.15) is 0 Å². The van der Waals surface area contributed by atoms with Crippen LogP contribution in [-0.4, -0.2) is 74.7 Å². The normalized spacial score (nSPS) is 22.4. The lowest BCUT2D eigenvalue weighted by Gasteiger charge is -2.33. The van der Waals surface area contributed by atoms with Crippen LogP contribution in [0.25, 0.3) is 0 Å². The SMILES string of the molecule is CN1CCN(C(=O)COC2CNC2)CC1.Cl. The first-order valence-electron chi connectivity index (χ1n) is 5.54. The van der Waals surface area contributed by atoms with E-state index in [1.54, 1.807) is 0 Å². The number of nitrogens with one attached hydrogen (secondary N) is 1. The Morgan fingerprint density at radius 2 is 1.94 bits per heavy atom. The molecule has 0 aliphatic carbocycles. The second-order valence-corrected chi connectivity index (χ2v) is 4.28. The fraction of sp³-hybridized carbons (Fsp3) is 0.900. The van der Waals surface area contributed by atoms with Gasteiger partial charge in [0.15, 0.2) is 0 Å². The minimum atomic E-state index is 0. The van der Waals surface area contributed by atoms with Gasteiger partial charge in [-0.3, -0.25) is 4.79 Å². The Hall–Kier alpha value is -0.360. The summed E-state index contributed by atoms with van der Waals surface area (Å²) in [4.78, 5) is 15.8. The Morgan fingerprint density at radius 3 is 2.44 bits per heavy atom. The number of ether oxygens (including phenoxy) is 1. The van der Waals surface area contributed by atoms with Crippen LogP contribution in [0.15, 0.2) is 0 Å². The van der Waals surface area contributed by atoms with Gasteiger partial charge >= 0.3 is 0 Å². The number of hydrogen-bond donors (Lipinski definition) is 1. The summed E-state index contributed by atoms with van der Waals surface area (Å²) in [5.74, 6) is 0.134. The summed E-state index contributed by atoms with van der Waals surface area (Å²) in [5.41, 5.74) is 0. The van der Waals surface area contributed by atoms with Crippen molar-refractivity contribution in [1.29, 1.82) is 0 Å². The van der Waals surface area contributed by atoms with Crippen molar-refractivity contribution in [3.8, 4) is 0 Å². The van der Waals surface area contributed by atoms with Gasteiger partial charge in [-0.05, 0) is 7.05 Å². The van der Waals surface area contributed by atoms with Crippen molar-refractivity contribution in [1.82, 2.24) is 15.1 Å². The summed E-state index contributed by atoms with van der Waals surface area (Å²) in [6.07, 6.45) is 0.251. The number of rotatable bonds is 3. The van der Waals surface area contributed by atoms with Crippen molar-refractivity contribution in [3.63, 3.8) is 0 Å². The first kappa shape index (κ1) is 13.7. The van der Waals surface area contributed by atoms with E-state index in [-0.39, 0.29) is 31.0 Å². The standard InChI is InChI=1S/C10H19N3O2.ClH/c1-12-2-4-13(5-3-12)10(14)8-15-9-6-11-7-9;/h9,11H,2-8H2,1H3;1H. The molecule has 0 spiro atoms. The lowest BCUT2D eigenvalue weighted by molar-refractivity contribution is -0.140. The Balaban J connectivity index is 0.00000128. The molecular formula is C10H20ClN3O2. The van der Waals surface area contributed by atoms with E-state index >= 15 is 0 Å². The van der Waals surface area contributed by atoms with E-state index in [1.165, 1.54) is 0 Å². The zero-order chi connectivity index (χ0) is 10.7. The van der Waals surface area contributed by atoms with Crippen LogP contribution >= 0.6 is 12.4 Å². The van der Waals surface area contributed by atoms with Gasteiger partial charge in [0.2, 0.25) is 5.91 Å². The maximum absolute atomic E-state index is 11.7. The predicted molar refractivity (Wildman–Crippen MR) is 63.9 cm³/mol. The third-order valence-corrected chi connectivity index (χ3v) is 3.04. The molecular weight excluding hydrogens is 230 g/mol. The molecule has 6 heteroatoms. The first-order valence-corrected chi connectivity index (χ1v) is 5.54. The van der Waals surface area contributed by atoms with E-state index in [4.69, 9.17) is 4.74 Å². The molecule has 2 heterocycles. The highest BCUT2D eigenvalue weighted by Gasteiger charge is 2.22. The van der Waals surface area contributed by atoms with Crippen LogP contribution in [0, 0.1) is 0 Å². The molecule has 2 saturated heterocycles. The maximum atomic E-state index is 11.7. The maximum Gasteiger partial charge on any atom is 0.248 e. The smallest absolute Gasteiger partial charge is 0.248 e. The van der Waals surface area contributed by atoms with Crippen molar-refractivity contribution in [2.45, 2.75) is 6.10 Å². The minimum Gasteiger partial charge on any atom is -0.366 e. The van der Waals surface area contributed by atoms with Crippen LogP contribution in [-0.2, 0) is 9.53 Å². The Morgan fingerprint density at radius 1 is 1.31 bits per heavy atom. The Labute approximate surface area is 103 Å². The average molecular weight is 250 g/mol. The van der Waals surface area contributed by atoms with Gasteiger partial charge < -0.3 is 19.9 Å². The molecule has 0 unspecified atom stereocenters. The van der Waals surface area contributed by atoms with Crippen LogP contribution in [0.5, 0.6) is 0 Å². The molecule has 2 aliphatic heterocycles. The molecule has 0 aromatic carbocycles. The van der Waals surface area contributed by atoms with Crippen molar-refractivity contribution >= 4 is 18.3 Å². The molecule has 0 radical (unpaired) electrons. The summed E-state index contributed by atoms with van der Waals surface area (Å²) in [5, 5.41) is 3.11. The van der Waals surface area contributed by atoms with Crippen molar-refractivity contribution in [3.05, 3.63) is 0 Å². The largest absolute Gasteiger partial charge is 0.366 e. The number of carbonyl (C=O) groups excluding carboxylic acids is 1. The highest BCUT2D eigenvalue weighted by Crippen LogP contribution is 2.02. The van der Waals surface area contributed by atoms with Crippen LogP contribution < -0.4 is 5.32 Å². The van der Waals surface area contributed by atoms with E-state index in [0.717, 1.165) is 39.3 Å². The van der Waals surface area contributed by atoms with Gasteiger partial charge in [0.1, 0.15) is 6.61 Å². The lowest BCUT2D eigenvalue weighted by atomic mass is 10.2. The topological polar surface area (TPSA) is 44.8 Å². The molecule has 1 N–H and O–H groups in total. The van der Waals surface area contributed by atoms with E-state index < -0.39 is 0 Å². The van der Waals surface area contributed by atoms with Gasteiger partial charge in [0.25, 0.3) is 0 Å². The van der Waals surface area contributed by atoms with E-state index in [0.29, 0.717) is 0 Å². The molecule has 0 atom stereocenters. The molecule has 1 amide bonds. The number of piperazine rings is 1. The summed E-state index contributed by atoms with van der Waals surface area (Å²) in [6.45, 7) is 5.62. The number of halogens is 1. The molecule has 0 bridgehead atoms. The molecule has 2 aliphatic rings. The minimum absolute atomic E-state index is 0. The zero-order valence-corrected chi connectivity index (χ0v) is 10.5. The summed E-state index contributed by atoms with van der Waals surface area (Å²) in [7, 11) is 2.08. The zero-order valence-electron chi connectivity index (χ0n) is 9.65. The van der Waals surface area contributed by atoms with Crippen LogP contribution in [0.2, 0.25) is 0 Å². The van der Waals surface area contributed by atoms with Crippen molar-refractivity contribution in [2.24, 2.45) is 0 Å². The quantitative estimate of drug-likeness (QED) is 0.709. The fourth-order valence-electron chi connectivity index (χ4n) is 1.72.